The van der Waals surface area contributed by atoms with Gasteiger partial charge in [-0.1, -0.05) is 65.7 Å². The van der Waals surface area contributed by atoms with Crippen molar-refractivity contribution in [2.24, 2.45) is 4.99 Å². The van der Waals surface area contributed by atoms with Crippen LogP contribution < -0.4 is 42.0 Å². The maximum atomic E-state index is 13.1. The molecule has 9 rings (SSSR count). The summed E-state index contributed by atoms with van der Waals surface area (Å²) in [5, 5.41) is 30.9. The fourth-order valence-corrected chi connectivity index (χ4v) is 9.56. The van der Waals surface area contributed by atoms with E-state index in [1.807, 2.05) is 103 Å². The summed E-state index contributed by atoms with van der Waals surface area (Å²) in [7, 11) is 2.65. The van der Waals surface area contributed by atoms with Crippen LogP contribution in [0.5, 0.6) is 5.75 Å². The Balaban J connectivity index is 0.000000194. The van der Waals surface area contributed by atoms with E-state index >= 15 is 0 Å². The van der Waals surface area contributed by atoms with E-state index < -0.39 is 40.8 Å². The van der Waals surface area contributed by atoms with Crippen molar-refractivity contribution in [2.45, 2.75) is 93.2 Å². The molecule has 90 heavy (non-hydrogen) atoms. The van der Waals surface area contributed by atoms with Gasteiger partial charge in [-0.3, -0.25) is 44.2 Å². The van der Waals surface area contributed by atoms with Gasteiger partial charge in [-0.05, 0) is 161 Å². The number of amides is 5. The Morgan fingerprint density at radius 3 is 2.11 bits per heavy atom. The third kappa shape index (κ3) is 17.8. The number of carbonyl (C=O) groups excluding carboxylic acids is 8. The molecule has 2 heterocycles. The largest absolute Gasteiger partial charge is 0.496 e. The number of non-ortho nitro benzene ring substituents is 1. The molecule has 0 aromatic heterocycles. The number of nitrogens with zero attached hydrogens (tertiary/aromatic N) is 2. The van der Waals surface area contributed by atoms with Crippen LogP contribution >= 0.6 is 0 Å². The lowest BCUT2D eigenvalue weighted by molar-refractivity contribution is -0.384. The molecule has 6 aromatic rings. The van der Waals surface area contributed by atoms with Gasteiger partial charge in [0.2, 0.25) is 23.7 Å². The molecule has 466 valence electrons. The highest BCUT2D eigenvalue weighted by Gasteiger charge is 2.32. The zero-order valence-electron chi connectivity index (χ0n) is 51.6. The number of esters is 2. The molecule has 2 unspecified atom stereocenters. The highest BCUT2D eigenvalue weighted by Crippen LogP contribution is 2.33. The van der Waals surface area contributed by atoms with E-state index in [0.717, 1.165) is 55.9 Å². The van der Waals surface area contributed by atoms with Gasteiger partial charge in [0.25, 0.3) is 17.5 Å². The van der Waals surface area contributed by atoms with Crippen molar-refractivity contribution >= 4 is 87.7 Å². The van der Waals surface area contributed by atoms with Crippen molar-refractivity contribution in [2.75, 3.05) is 42.1 Å². The number of carbonyl (C=O) groups is 8. The molecule has 5 amide bonds. The van der Waals surface area contributed by atoms with E-state index in [2.05, 4.69) is 46.9 Å². The first kappa shape index (κ1) is 66.5. The monoisotopic (exact) mass is 1220 g/mol. The number of anilines is 4. The Kier molecular flexibility index (Phi) is 22.6. The van der Waals surface area contributed by atoms with Gasteiger partial charge >= 0.3 is 11.9 Å². The minimum Gasteiger partial charge on any atom is -0.496 e. The molecule has 2 aliphatic heterocycles. The summed E-state index contributed by atoms with van der Waals surface area (Å²) in [5.74, 6) is -2.62. The summed E-state index contributed by atoms with van der Waals surface area (Å²) >= 11 is 0. The molecule has 0 spiro atoms. The molecule has 2 atom stereocenters. The number of aliphatic imine (C=N–C) groups is 1. The first-order valence-electron chi connectivity index (χ1n) is 28.7. The number of ketones is 1. The number of ether oxygens (including phenoxy) is 3. The van der Waals surface area contributed by atoms with E-state index in [1.54, 1.807) is 43.3 Å². The number of allylic oxidation sites excluding steroid dienone is 1. The molecule has 7 N–H and O–H groups in total. The lowest BCUT2D eigenvalue weighted by atomic mass is 9.92. The quantitative estimate of drug-likeness (QED) is 0.0205. The smallest absolute Gasteiger partial charge is 0.340 e. The molecule has 0 saturated carbocycles. The number of Topliss-reactive ketones (excluding diaryl/α,β-unsaturated/α-hetero) is 1. The zero-order chi connectivity index (χ0) is 65.3. The number of nitrogens with one attached hydrogen (secondary N) is 7. The number of methoxy groups -OCH3 is 2. The van der Waals surface area contributed by atoms with Gasteiger partial charge in [0, 0.05) is 53.4 Å². The number of benzene rings is 6. The molecule has 1 aliphatic carbocycles. The van der Waals surface area contributed by atoms with E-state index in [9.17, 15) is 48.5 Å². The van der Waals surface area contributed by atoms with Gasteiger partial charge < -0.3 is 46.1 Å². The Bertz CT molecular complexity index is 3940. The molecule has 0 saturated heterocycles. The molecule has 22 nitrogen and oxygen atoms in total. The van der Waals surface area contributed by atoms with Crippen LogP contribution in [0, 0.1) is 44.7 Å². The molecule has 6 aromatic carbocycles. The van der Waals surface area contributed by atoms with Crippen molar-refractivity contribution in [1.82, 2.24) is 16.0 Å². The van der Waals surface area contributed by atoms with Gasteiger partial charge in [0.15, 0.2) is 5.78 Å². The number of guanidine groups is 1. The second-order valence-corrected chi connectivity index (χ2v) is 21.5. The fourth-order valence-electron chi connectivity index (χ4n) is 9.56. The minimum absolute atomic E-state index is 0.00703. The molecule has 0 bridgehead atoms. The fraction of sp³-hybridized carbons (Fsp3) is 0.250. The van der Waals surface area contributed by atoms with Crippen LogP contribution in [-0.2, 0) is 44.7 Å². The number of nitro benzene ring substituents is 1. The highest BCUT2D eigenvalue weighted by molar-refractivity contribution is 6.12. The Morgan fingerprint density at radius 2 is 1.41 bits per heavy atom. The van der Waals surface area contributed by atoms with Crippen molar-refractivity contribution < 1.29 is 57.5 Å². The second kappa shape index (κ2) is 30.5. The molecule has 0 radical (unpaired) electrons. The van der Waals surface area contributed by atoms with Crippen LogP contribution in [0.3, 0.4) is 0 Å². The number of nitro groups is 1. The number of rotatable bonds is 16. The molecule has 3 aliphatic rings. The first-order valence-corrected chi connectivity index (χ1v) is 28.7. The van der Waals surface area contributed by atoms with Gasteiger partial charge in [-0.15, -0.1) is 0 Å². The summed E-state index contributed by atoms with van der Waals surface area (Å²) in [6.45, 7) is 15.9. The van der Waals surface area contributed by atoms with E-state index in [0.29, 0.717) is 41.1 Å². The number of para-hydroxylation sites is 1. The minimum atomic E-state index is -0.765. The van der Waals surface area contributed by atoms with Crippen LogP contribution in [0.4, 0.5) is 28.4 Å². The van der Waals surface area contributed by atoms with Crippen molar-refractivity contribution in [3.05, 3.63) is 216 Å². The van der Waals surface area contributed by atoms with Crippen LogP contribution in [0.25, 0.3) is 6.08 Å². The Labute approximate surface area is 520 Å². The predicted octanol–water partition coefficient (Wildman–Crippen LogP) is 9.98. The lowest BCUT2D eigenvalue weighted by Crippen LogP contribution is -2.45. The summed E-state index contributed by atoms with van der Waals surface area (Å²) in [6, 6.07) is 34.2. The van der Waals surface area contributed by atoms with Crippen molar-refractivity contribution in [3.63, 3.8) is 0 Å². The van der Waals surface area contributed by atoms with Gasteiger partial charge in [0.05, 0.1) is 61.3 Å². The van der Waals surface area contributed by atoms with Crippen LogP contribution in [0.2, 0.25) is 0 Å². The second-order valence-electron chi connectivity index (χ2n) is 21.5. The molecule has 22 heteroatoms. The normalized spacial score (nSPS) is 14.9. The third-order valence-electron chi connectivity index (χ3n) is 14.8. The third-order valence-corrected chi connectivity index (χ3v) is 14.8. The van der Waals surface area contributed by atoms with Gasteiger partial charge in [-0.2, -0.15) is 0 Å². The van der Waals surface area contributed by atoms with Crippen molar-refractivity contribution in [1.29, 1.82) is 0 Å². The number of hydrogen-bond acceptors (Lipinski definition) is 16. The summed E-state index contributed by atoms with van der Waals surface area (Å²) in [5.41, 5.74) is 12.5. The Hall–Kier alpha value is -11.0. The zero-order valence-corrected chi connectivity index (χ0v) is 51.6. The molecular weight excluding hydrogens is 1150 g/mol. The average Bonchev–Trinajstić information content (AvgIpc) is 1.90. The number of fused-ring (bicyclic) bond motifs is 1. The lowest BCUT2D eigenvalue weighted by Gasteiger charge is -2.26. The topological polar surface area (TPSA) is 304 Å². The van der Waals surface area contributed by atoms with Crippen molar-refractivity contribution in [3.8, 4) is 5.75 Å². The molecule has 0 fully saturated rings. The standard InChI is InChI=1S/C25H21N3O7.C23H28N2O4.C20H22N4O2/c1-34-22-12-4-3-11-20(22)23(29)27-21(14-16-7-5-10-19(13-16)28(32)33)24(30)26-18-9-6-8-17(15-18)25(31)35-2;1-6-29-23(28)22-15(5)14(4)9-19(22)25-21(27)11-18-20(26)10-16-7-12(2)13(3)8-17(16)24-18;1-12-4-7-15(8-5-12)22-20-23-17(11-18(25)24-20)19(26)21-16-9-6-13(2)14(3)10-16/h3-15H,1-2H3,(H,26,30)(H,27,29);7-8,18,24H,6,9-11H2,1-5H3,(H,25,27);4-10,17H,11H2,1-3H3,(H,21,26)(H2,22,23,24,25)/b21-14+;;. The summed E-state index contributed by atoms with van der Waals surface area (Å²) < 4.78 is 15.0. The SMILES string of the molecule is CCOC(=O)C1=C(NC(=O)CC2Nc3cc(C)c(C)cc3CC2=O)CC(C)=C1C.COC(=O)c1cccc(NC(=O)/C(=C\c2cccc([N+](=O)[O-])c2)NC(=O)c2ccccc2OC)c1.Cc1ccc(NC2=NC(C(=O)Nc3ccc(C)c(C)c3)CC(=O)N2)cc1. The first-order chi connectivity index (χ1) is 42.9. The predicted molar refractivity (Wildman–Crippen MR) is 343 cm³/mol. The van der Waals surface area contributed by atoms with E-state index in [4.69, 9.17) is 9.47 Å². The van der Waals surface area contributed by atoms with Crippen LogP contribution in [0.1, 0.15) is 99.7 Å². The average molecular weight is 1220 g/mol. The molecular formula is C68H71N9O13. The van der Waals surface area contributed by atoms with Gasteiger partial charge in [-0.25, -0.2) is 14.6 Å². The highest BCUT2D eigenvalue weighted by atomic mass is 16.6. The number of hydrogen-bond donors (Lipinski definition) is 7. The summed E-state index contributed by atoms with van der Waals surface area (Å²) in [6.07, 6.45) is 2.16. The van der Waals surface area contributed by atoms with Crippen LogP contribution in [0.15, 0.2) is 160 Å². The van der Waals surface area contributed by atoms with E-state index in [1.165, 1.54) is 56.7 Å². The summed E-state index contributed by atoms with van der Waals surface area (Å²) in [4.78, 5) is 115. The number of aryl methyl sites for hydroxylation is 5. The maximum absolute atomic E-state index is 13.1. The van der Waals surface area contributed by atoms with Gasteiger partial charge in [0.1, 0.15) is 17.5 Å². The van der Waals surface area contributed by atoms with Crippen LogP contribution in [-0.4, -0.2) is 91.1 Å². The van der Waals surface area contributed by atoms with E-state index in [-0.39, 0.29) is 77.1 Å². The Morgan fingerprint density at radius 1 is 0.722 bits per heavy atom. The maximum Gasteiger partial charge on any atom is 0.340 e.